The molecule has 1 heterocycles. The predicted octanol–water partition coefficient (Wildman–Crippen LogP) is 4.52. The molecule has 0 aromatic carbocycles. The van der Waals surface area contributed by atoms with Crippen molar-refractivity contribution in [2.24, 2.45) is 23.7 Å². The van der Waals surface area contributed by atoms with Crippen LogP contribution in [0.4, 0.5) is 0 Å². The maximum absolute atomic E-state index is 10.6. The topological polar surface area (TPSA) is 52.9 Å². The molecular weight excluding hydrogens is 406 g/mol. The van der Waals surface area contributed by atoms with Gasteiger partial charge in [0, 0.05) is 24.8 Å². The molecule has 3 rings (SSSR count). The second-order valence-electron chi connectivity index (χ2n) is 10.0. The zero-order chi connectivity index (χ0) is 22.1. The highest BCUT2D eigenvalue weighted by Crippen LogP contribution is 2.47. The molecule has 0 amide bonds. The van der Waals surface area contributed by atoms with Crippen molar-refractivity contribution in [1.82, 2.24) is 4.90 Å². The monoisotopic (exact) mass is 451 g/mol. The molecule has 2 aliphatic carbocycles. The van der Waals surface area contributed by atoms with Gasteiger partial charge in [0.1, 0.15) is 0 Å². The number of hydrogen-bond donors (Lipinski definition) is 2. The van der Waals surface area contributed by atoms with Crippen molar-refractivity contribution in [3.63, 3.8) is 0 Å². The standard InChI is InChI=1S/C26H45NO3S/c1-3-4-6-20(2)15-23(28)7-8-24-25-17-21(16-22(25)18-26(24)29)19-31-14-5-9-27-10-12-30-13-11-27/h7-8,16,20,22-26,28-29H,3-6,9-15,17-19H2,1-2H3/b8-7+/t20-,22-,23+,24+,25-,26+/m0/s1. The normalized spacial score (nSPS) is 31.2. The van der Waals surface area contributed by atoms with Crippen LogP contribution in [0.15, 0.2) is 23.8 Å². The molecule has 1 aliphatic heterocycles. The van der Waals surface area contributed by atoms with E-state index < -0.39 is 0 Å². The summed E-state index contributed by atoms with van der Waals surface area (Å²) in [6.45, 7) is 9.59. The highest BCUT2D eigenvalue weighted by atomic mass is 32.2. The van der Waals surface area contributed by atoms with Crippen LogP contribution in [-0.2, 0) is 4.74 Å². The highest BCUT2D eigenvalue weighted by Gasteiger charge is 2.43. The Bertz CT molecular complexity index is 575. The lowest BCUT2D eigenvalue weighted by Gasteiger charge is -2.26. The van der Waals surface area contributed by atoms with E-state index in [0.29, 0.717) is 17.8 Å². The molecule has 2 N–H and O–H groups in total. The lowest BCUT2D eigenvalue weighted by atomic mass is 9.88. The highest BCUT2D eigenvalue weighted by molar-refractivity contribution is 7.99. The van der Waals surface area contributed by atoms with E-state index >= 15 is 0 Å². The summed E-state index contributed by atoms with van der Waals surface area (Å²) in [7, 11) is 0. The molecule has 1 saturated carbocycles. The van der Waals surface area contributed by atoms with Gasteiger partial charge in [-0.05, 0) is 55.7 Å². The first-order chi connectivity index (χ1) is 15.1. The third kappa shape index (κ3) is 8.19. The number of aliphatic hydroxyl groups excluding tert-OH is 2. The Labute approximate surface area is 194 Å². The number of allylic oxidation sites excluding steroid dienone is 1. The van der Waals surface area contributed by atoms with Crippen molar-refractivity contribution in [3.8, 4) is 0 Å². The average Bonchev–Trinajstić information content (AvgIpc) is 3.27. The number of thioether (sulfide) groups is 1. The molecule has 0 radical (unpaired) electrons. The number of morpholine rings is 1. The minimum Gasteiger partial charge on any atom is -0.392 e. The van der Waals surface area contributed by atoms with Crippen LogP contribution in [0.3, 0.4) is 0 Å². The molecular formula is C26H45NO3S. The van der Waals surface area contributed by atoms with E-state index in [1.54, 1.807) is 5.57 Å². The third-order valence-corrected chi connectivity index (χ3v) is 8.51. The maximum atomic E-state index is 10.6. The zero-order valence-corrected chi connectivity index (χ0v) is 20.6. The van der Waals surface area contributed by atoms with E-state index in [4.69, 9.17) is 4.74 Å². The smallest absolute Gasteiger partial charge is 0.0723 e. The van der Waals surface area contributed by atoms with Gasteiger partial charge < -0.3 is 14.9 Å². The zero-order valence-electron chi connectivity index (χ0n) is 19.8. The van der Waals surface area contributed by atoms with E-state index in [-0.39, 0.29) is 18.1 Å². The van der Waals surface area contributed by atoms with Crippen molar-refractivity contribution in [2.45, 2.75) is 71.0 Å². The summed E-state index contributed by atoms with van der Waals surface area (Å²) in [5, 5.41) is 21.0. The van der Waals surface area contributed by atoms with E-state index in [9.17, 15) is 10.2 Å². The molecule has 1 saturated heterocycles. The van der Waals surface area contributed by atoms with Gasteiger partial charge in [0.2, 0.25) is 0 Å². The first kappa shape index (κ1) is 25.3. The summed E-state index contributed by atoms with van der Waals surface area (Å²) in [5.41, 5.74) is 1.57. The molecule has 6 atom stereocenters. The Kier molecular flexibility index (Phi) is 10.9. The fraction of sp³-hybridized carbons (Fsp3) is 0.846. The van der Waals surface area contributed by atoms with Gasteiger partial charge in [-0.15, -0.1) is 0 Å². The average molecular weight is 452 g/mol. The quantitative estimate of drug-likeness (QED) is 0.319. The van der Waals surface area contributed by atoms with E-state index in [1.165, 1.54) is 38.0 Å². The Balaban J connectivity index is 1.35. The van der Waals surface area contributed by atoms with Crippen LogP contribution in [0, 0.1) is 23.7 Å². The molecule has 2 fully saturated rings. The van der Waals surface area contributed by atoms with Gasteiger partial charge in [0.05, 0.1) is 25.4 Å². The second kappa shape index (κ2) is 13.4. The van der Waals surface area contributed by atoms with Crippen LogP contribution < -0.4 is 0 Å². The fourth-order valence-corrected chi connectivity index (χ4v) is 6.50. The summed E-state index contributed by atoms with van der Waals surface area (Å²) in [4.78, 5) is 2.51. The molecule has 31 heavy (non-hydrogen) atoms. The van der Waals surface area contributed by atoms with Gasteiger partial charge in [0.25, 0.3) is 0 Å². The van der Waals surface area contributed by atoms with Gasteiger partial charge in [-0.1, -0.05) is 56.9 Å². The molecule has 0 aromatic heterocycles. The van der Waals surface area contributed by atoms with Crippen LogP contribution in [0.1, 0.15) is 58.8 Å². The Hall–Kier alpha value is -0.330. The van der Waals surface area contributed by atoms with Crippen molar-refractivity contribution < 1.29 is 14.9 Å². The van der Waals surface area contributed by atoms with Crippen molar-refractivity contribution in [1.29, 1.82) is 0 Å². The molecule has 0 unspecified atom stereocenters. The van der Waals surface area contributed by atoms with Crippen molar-refractivity contribution in [2.75, 3.05) is 44.4 Å². The number of fused-ring (bicyclic) bond motifs is 1. The first-order valence-electron chi connectivity index (χ1n) is 12.7. The lowest BCUT2D eigenvalue weighted by molar-refractivity contribution is 0.0381. The molecule has 3 aliphatic rings. The van der Waals surface area contributed by atoms with Gasteiger partial charge in [0.15, 0.2) is 0 Å². The Morgan fingerprint density at radius 3 is 2.87 bits per heavy atom. The summed E-state index contributed by atoms with van der Waals surface area (Å²) >= 11 is 2.06. The first-order valence-corrected chi connectivity index (χ1v) is 13.8. The number of unbranched alkanes of at least 4 members (excludes halogenated alkanes) is 1. The lowest BCUT2D eigenvalue weighted by Crippen LogP contribution is -2.36. The van der Waals surface area contributed by atoms with Crippen LogP contribution in [0.5, 0.6) is 0 Å². The minimum atomic E-state index is -0.381. The second-order valence-corrected chi connectivity index (χ2v) is 11.1. The number of rotatable bonds is 13. The third-order valence-electron chi connectivity index (χ3n) is 7.35. The van der Waals surface area contributed by atoms with E-state index in [2.05, 4.69) is 42.7 Å². The molecule has 0 spiro atoms. The SMILES string of the molecule is CCCC[C@H](C)C[C@H](O)/C=C/[C@@H]1[C@H]2CC(CSCCCN3CCOCC3)=C[C@H]2C[C@H]1O. The van der Waals surface area contributed by atoms with Gasteiger partial charge in [-0.25, -0.2) is 0 Å². The molecule has 0 aromatic rings. The van der Waals surface area contributed by atoms with Crippen molar-refractivity contribution >= 4 is 11.8 Å². The largest absolute Gasteiger partial charge is 0.392 e. The van der Waals surface area contributed by atoms with Crippen molar-refractivity contribution in [3.05, 3.63) is 23.8 Å². The summed E-state index contributed by atoms with van der Waals surface area (Å²) in [6, 6.07) is 0. The van der Waals surface area contributed by atoms with Gasteiger partial charge >= 0.3 is 0 Å². The minimum absolute atomic E-state index is 0.200. The molecule has 0 bridgehead atoms. The summed E-state index contributed by atoms with van der Waals surface area (Å²) < 4.78 is 5.42. The maximum Gasteiger partial charge on any atom is 0.0723 e. The van der Waals surface area contributed by atoms with Crippen LogP contribution in [-0.4, -0.2) is 71.7 Å². The molecule has 5 heteroatoms. The number of hydrogen-bond acceptors (Lipinski definition) is 5. The molecule has 4 nitrogen and oxygen atoms in total. The van der Waals surface area contributed by atoms with Crippen LogP contribution in [0.2, 0.25) is 0 Å². The summed E-state index contributed by atoms with van der Waals surface area (Å²) in [5.74, 6) is 4.17. The predicted molar refractivity (Wildman–Crippen MR) is 131 cm³/mol. The number of aliphatic hydroxyl groups is 2. The Morgan fingerprint density at radius 1 is 1.29 bits per heavy atom. The van der Waals surface area contributed by atoms with Crippen LogP contribution >= 0.6 is 11.8 Å². The number of ether oxygens (including phenoxy) is 1. The molecule has 178 valence electrons. The Morgan fingerprint density at radius 2 is 2.10 bits per heavy atom. The fourth-order valence-electron chi connectivity index (χ4n) is 5.55. The van der Waals surface area contributed by atoms with E-state index in [1.807, 2.05) is 6.08 Å². The summed E-state index contributed by atoms with van der Waals surface area (Å²) in [6.07, 6.45) is 13.7. The number of nitrogens with zero attached hydrogens (tertiary/aromatic N) is 1. The van der Waals surface area contributed by atoms with E-state index in [0.717, 1.165) is 51.3 Å². The van der Waals surface area contributed by atoms with Crippen LogP contribution in [0.25, 0.3) is 0 Å². The van der Waals surface area contributed by atoms with Gasteiger partial charge in [-0.3, -0.25) is 4.90 Å². The van der Waals surface area contributed by atoms with Gasteiger partial charge in [-0.2, -0.15) is 11.8 Å².